The summed E-state index contributed by atoms with van der Waals surface area (Å²) >= 11 is 6.10. The van der Waals surface area contributed by atoms with Gasteiger partial charge in [-0.05, 0) is 80.7 Å². The Labute approximate surface area is 177 Å². The van der Waals surface area contributed by atoms with Crippen LogP contribution in [0.2, 0.25) is 5.02 Å². The molecule has 0 saturated carbocycles. The minimum Gasteiger partial charge on any atom is -0.503 e. The van der Waals surface area contributed by atoms with Crippen molar-refractivity contribution >= 4 is 11.6 Å². The Kier molecular flexibility index (Phi) is 7.76. The van der Waals surface area contributed by atoms with Gasteiger partial charge in [0.25, 0.3) is 0 Å². The van der Waals surface area contributed by atoms with Crippen molar-refractivity contribution in [1.29, 1.82) is 0 Å². The van der Waals surface area contributed by atoms with Crippen LogP contribution < -0.4 is 4.74 Å². The van der Waals surface area contributed by atoms with Gasteiger partial charge in [-0.2, -0.15) is 0 Å². The van der Waals surface area contributed by atoms with Crippen LogP contribution in [0, 0.1) is 11.7 Å². The van der Waals surface area contributed by atoms with Gasteiger partial charge < -0.3 is 19.6 Å². The first-order chi connectivity index (χ1) is 13.9. The van der Waals surface area contributed by atoms with E-state index in [2.05, 4.69) is 16.8 Å². The van der Waals surface area contributed by atoms with E-state index in [1.807, 2.05) is 12.1 Å². The second-order valence-electron chi connectivity index (χ2n) is 7.99. The van der Waals surface area contributed by atoms with E-state index in [-0.39, 0.29) is 11.6 Å². The number of hydrogen-bond acceptors (Lipinski definition) is 4. The summed E-state index contributed by atoms with van der Waals surface area (Å²) < 4.78 is 18.5. The molecule has 0 bridgehead atoms. The van der Waals surface area contributed by atoms with Gasteiger partial charge in [0.2, 0.25) is 0 Å². The summed E-state index contributed by atoms with van der Waals surface area (Å²) in [6, 6.07) is 10.5. The molecule has 0 spiro atoms. The lowest BCUT2D eigenvalue weighted by atomic mass is 9.95. The topological polar surface area (TPSA) is 35.9 Å². The van der Waals surface area contributed by atoms with Gasteiger partial charge in [-0.15, -0.1) is 0 Å². The minimum absolute atomic E-state index is 0.00816. The lowest BCUT2D eigenvalue weighted by Crippen LogP contribution is -2.38. The Morgan fingerprint density at radius 1 is 1.21 bits per heavy atom. The summed E-state index contributed by atoms with van der Waals surface area (Å²) in [5.74, 6) is 0.912. The van der Waals surface area contributed by atoms with E-state index in [4.69, 9.17) is 16.3 Å². The molecule has 0 amide bonds. The highest BCUT2D eigenvalue weighted by molar-refractivity contribution is 6.32. The molecule has 2 aromatic rings. The fourth-order valence-electron chi connectivity index (χ4n) is 4.06. The standard InChI is InChI=1S/C23H30ClFN2O2/c1-26(16-19-13-21(24)23(28)22(14-19)29-2)15-18-7-10-27(11-8-18)9-6-17-4-3-5-20(25)12-17/h3-5,12-14,18,28H,6-11,15-16H2,1-2H3. The quantitative estimate of drug-likeness (QED) is 0.678. The van der Waals surface area contributed by atoms with E-state index in [1.54, 1.807) is 18.2 Å². The number of likely N-dealkylation sites (tertiary alicyclic amines) is 1. The zero-order chi connectivity index (χ0) is 20.8. The number of aromatic hydroxyl groups is 1. The van der Waals surface area contributed by atoms with E-state index in [0.29, 0.717) is 16.7 Å². The van der Waals surface area contributed by atoms with E-state index in [1.165, 1.54) is 26.0 Å². The summed E-state index contributed by atoms with van der Waals surface area (Å²) in [6.07, 6.45) is 3.24. The van der Waals surface area contributed by atoms with Crippen molar-refractivity contribution in [3.63, 3.8) is 0 Å². The Balaban J connectivity index is 1.42. The summed E-state index contributed by atoms with van der Waals surface area (Å²) in [5, 5.41) is 10.2. The van der Waals surface area contributed by atoms with Crippen LogP contribution in [0.15, 0.2) is 36.4 Å². The lowest BCUT2D eigenvalue weighted by molar-refractivity contribution is 0.153. The number of rotatable bonds is 8. The number of hydrogen-bond donors (Lipinski definition) is 1. The molecule has 1 saturated heterocycles. The van der Waals surface area contributed by atoms with Crippen molar-refractivity contribution < 1.29 is 14.2 Å². The Morgan fingerprint density at radius 3 is 2.66 bits per heavy atom. The molecular formula is C23H30ClFN2O2. The molecule has 0 aromatic heterocycles. The third-order valence-electron chi connectivity index (χ3n) is 5.64. The van der Waals surface area contributed by atoms with Gasteiger partial charge >= 0.3 is 0 Å². The molecule has 1 N–H and O–H groups in total. The number of phenolic OH excluding ortho intramolecular Hbond substituents is 1. The van der Waals surface area contributed by atoms with Crippen molar-refractivity contribution in [1.82, 2.24) is 9.80 Å². The smallest absolute Gasteiger partial charge is 0.176 e. The predicted octanol–water partition coefficient (Wildman–Crippen LogP) is 4.58. The van der Waals surface area contributed by atoms with E-state index >= 15 is 0 Å². The SMILES string of the molecule is COc1cc(CN(C)CC2CCN(CCc3cccc(F)c3)CC2)cc(Cl)c1O. The van der Waals surface area contributed by atoms with Crippen LogP contribution in [-0.4, -0.2) is 55.2 Å². The highest BCUT2D eigenvalue weighted by Gasteiger charge is 2.20. The van der Waals surface area contributed by atoms with E-state index < -0.39 is 0 Å². The number of ether oxygens (including phenoxy) is 1. The second-order valence-corrected chi connectivity index (χ2v) is 8.40. The number of halogens is 2. The van der Waals surface area contributed by atoms with Gasteiger partial charge in [0.05, 0.1) is 12.1 Å². The van der Waals surface area contributed by atoms with Crippen LogP contribution in [-0.2, 0) is 13.0 Å². The van der Waals surface area contributed by atoms with Crippen molar-refractivity contribution in [2.75, 3.05) is 40.3 Å². The van der Waals surface area contributed by atoms with Crippen LogP contribution in [0.25, 0.3) is 0 Å². The first kappa shape index (κ1) is 21.9. The minimum atomic E-state index is -0.156. The van der Waals surface area contributed by atoms with E-state index in [0.717, 1.165) is 50.3 Å². The fourth-order valence-corrected chi connectivity index (χ4v) is 4.30. The van der Waals surface area contributed by atoms with Crippen LogP contribution in [0.1, 0.15) is 24.0 Å². The predicted molar refractivity (Wildman–Crippen MR) is 115 cm³/mol. The zero-order valence-corrected chi connectivity index (χ0v) is 18.0. The molecule has 4 nitrogen and oxygen atoms in total. The Morgan fingerprint density at radius 2 is 1.97 bits per heavy atom. The first-order valence-electron chi connectivity index (χ1n) is 10.2. The maximum absolute atomic E-state index is 13.3. The van der Waals surface area contributed by atoms with Gasteiger partial charge in [0, 0.05) is 19.6 Å². The number of methoxy groups -OCH3 is 1. The number of piperidine rings is 1. The molecule has 0 radical (unpaired) electrons. The molecule has 0 aliphatic carbocycles. The fraction of sp³-hybridized carbons (Fsp3) is 0.478. The van der Waals surface area contributed by atoms with Gasteiger partial charge in [-0.3, -0.25) is 0 Å². The average molecular weight is 421 g/mol. The van der Waals surface area contributed by atoms with Crippen LogP contribution in [0.3, 0.4) is 0 Å². The number of nitrogens with zero attached hydrogens (tertiary/aromatic N) is 2. The molecule has 1 fully saturated rings. The normalized spacial score (nSPS) is 15.8. The van der Waals surface area contributed by atoms with Crippen LogP contribution >= 0.6 is 11.6 Å². The highest BCUT2D eigenvalue weighted by Crippen LogP contribution is 2.35. The van der Waals surface area contributed by atoms with Crippen molar-refractivity contribution in [3.8, 4) is 11.5 Å². The molecule has 2 aromatic carbocycles. The second kappa shape index (κ2) is 10.3. The largest absolute Gasteiger partial charge is 0.503 e. The molecule has 29 heavy (non-hydrogen) atoms. The maximum Gasteiger partial charge on any atom is 0.176 e. The highest BCUT2D eigenvalue weighted by atomic mass is 35.5. The van der Waals surface area contributed by atoms with Crippen molar-refractivity contribution in [2.45, 2.75) is 25.8 Å². The molecule has 0 unspecified atom stereocenters. The van der Waals surface area contributed by atoms with Gasteiger partial charge in [-0.25, -0.2) is 4.39 Å². The Hall–Kier alpha value is -1.82. The molecule has 1 heterocycles. The zero-order valence-electron chi connectivity index (χ0n) is 17.2. The van der Waals surface area contributed by atoms with Crippen LogP contribution in [0.4, 0.5) is 4.39 Å². The van der Waals surface area contributed by atoms with Gasteiger partial charge in [0.1, 0.15) is 5.82 Å². The average Bonchev–Trinajstić information content (AvgIpc) is 2.70. The third-order valence-corrected chi connectivity index (χ3v) is 5.93. The lowest BCUT2D eigenvalue weighted by Gasteiger charge is -2.34. The summed E-state index contributed by atoms with van der Waals surface area (Å²) in [7, 11) is 3.64. The molecule has 158 valence electrons. The maximum atomic E-state index is 13.3. The molecule has 3 rings (SSSR count). The van der Waals surface area contributed by atoms with E-state index in [9.17, 15) is 9.50 Å². The summed E-state index contributed by atoms with van der Waals surface area (Å²) in [6.45, 7) is 4.95. The summed E-state index contributed by atoms with van der Waals surface area (Å²) in [4.78, 5) is 4.78. The number of benzene rings is 2. The monoisotopic (exact) mass is 420 g/mol. The molecule has 6 heteroatoms. The summed E-state index contributed by atoms with van der Waals surface area (Å²) in [5.41, 5.74) is 2.09. The van der Waals surface area contributed by atoms with Crippen molar-refractivity contribution in [2.24, 2.45) is 5.92 Å². The van der Waals surface area contributed by atoms with Gasteiger partial charge in [0.15, 0.2) is 11.5 Å². The van der Waals surface area contributed by atoms with Gasteiger partial charge in [-0.1, -0.05) is 23.7 Å². The third kappa shape index (κ3) is 6.33. The van der Waals surface area contributed by atoms with Crippen molar-refractivity contribution in [3.05, 3.63) is 58.4 Å². The van der Waals surface area contributed by atoms with Crippen LogP contribution in [0.5, 0.6) is 11.5 Å². The number of phenols is 1. The molecule has 0 atom stereocenters. The first-order valence-corrected chi connectivity index (χ1v) is 10.5. The molecular weight excluding hydrogens is 391 g/mol. The Bertz CT molecular complexity index is 809. The molecule has 1 aliphatic heterocycles. The molecule has 1 aliphatic rings.